The first kappa shape index (κ1) is 15.7. The molecule has 120 valence electrons. The zero-order valence-electron chi connectivity index (χ0n) is 12.9. The molecule has 1 amide bonds. The third kappa shape index (κ3) is 3.59. The van der Waals surface area contributed by atoms with E-state index in [4.69, 9.17) is 16.3 Å². The average molecular weight is 331 g/mol. The van der Waals surface area contributed by atoms with Gasteiger partial charge in [-0.2, -0.15) is 0 Å². The van der Waals surface area contributed by atoms with Crippen LogP contribution in [0, 0.1) is 6.92 Å². The molecule has 1 aliphatic heterocycles. The molecule has 0 fully saturated rings. The fourth-order valence-corrected chi connectivity index (χ4v) is 2.89. The Morgan fingerprint density at radius 2 is 2.09 bits per heavy atom. The molecular formula is C18H19ClN2O2. The van der Waals surface area contributed by atoms with Gasteiger partial charge in [-0.1, -0.05) is 35.9 Å². The van der Waals surface area contributed by atoms with Crippen LogP contribution in [-0.2, 0) is 4.79 Å². The Labute approximate surface area is 140 Å². The van der Waals surface area contributed by atoms with E-state index in [0.29, 0.717) is 11.6 Å². The quantitative estimate of drug-likeness (QED) is 0.898. The largest absolute Gasteiger partial charge is 0.493 e. The van der Waals surface area contributed by atoms with Crippen LogP contribution in [0.25, 0.3) is 0 Å². The van der Waals surface area contributed by atoms with Crippen molar-refractivity contribution in [2.75, 3.05) is 18.5 Å². The van der Waals surface area contributed by atoms with Crippen LogP contribution in [0.3, 0.4) is 0 Å². The van der Waals surface area contributed by atoms with Crippen molar-refractivity contribution < 1.29 is 9.53 Å². The lowest BCUT2D eigenvalue weighted by atomic mass is 10.0. The number of benzene rings is 2. The second-order valence-electron chi connectivity index (χ2n) is 5.56. The Hall–Kier alpha value is -2.20. The minimum absolute atomic E-state index is 0.00490. The molecular weight excluding hydrogens is 312 g/mol. The summed E-state index contributed by atoms with van der Waals surface area (Å²) in [4.78, 5) is 12.2. The molecule has 0 saturated heterocycles. The highest BCUT2D eigenvalue weighted by Gasteiger charge is 2.22. The number of halogens is 1. The summed E-state index contributed by atoms with van der Waals surface area (Å²) >= 11 is 6.09. The van der Waals surface area contributed by atoms with Crippen LogP contribution >= 0.6 is 11.6 Å². The van der Waals surface area contributed by atoms with Crippen molar-refractivity contribution in [2.24, 2.45) is 0 Å². The number of hydrogen-bond donors (Lipinski definition) is 2. The van der Waals surface area contributed by atoms with Crippen LogP contribution in [-0.4, -0.2) is 19.1 Å². The highest BCUT2D eigenvalue weighted by Crippen LogP contribution is 2.31. The first-order valence-corrected chi connectivity index (χ1v) is 8.03. The SMILES string of the molecule is Cc1c(Cl)cccc1NCC(=O)NC1CCOc2ccccc21. The van der Waals surface area contributed by atoms with Gasteiger partial charge in [0.2, 0.25) is 5.91 Å². The molecule has 1 heterocycles. The number of fused-ring (bicyclic) bond motifs is 1. The van der Waals surface area contributed by atoms with Crippen LogP contribution in [0.4, 0.5) is 5.69 Å². The van der Waals surface area contributed by atoms with Crippen molar-refractivity contribution in [1.29, 1.82) is 0 Å². The number of para-hydroxylation sites is 1. The molecule has 2 N–H and O–H groups in total. The molecule has 0 saturated carbocycles. The Morgan fingerprint density at radius 1 is 1.26 bits per heavy atom. The van der Waals surface area contributed by atoms with Gasteiger partial charge in [0.1, 0.15) is 5.75 Å². The maximum Gasteiger partial charge on any atom is 0.239 e. The number of amides is 1. The van der Waals surface area contributed by atoms with Crippen molar-refractivity contribution >= 4 is 23.2 Å². The monoisotopic (exact) mass is 330 g/mol. The van der Waals surface area contributed by atoms with E-state index in [1.165, 1.54) is 0 Å². The van der Waals surface area contributed by atoms with Gasteiger partial charge in [0, 0.05) is 22.7 Å². The van der Waals surface area contributed by atoms with Gasteiger partial charge in [-0.15, -0.1) is 0 Å². The molecule has 23 heavy (non-hydrogen) atoms. The van der Waals surface area contributed by atoms with Crippen molar-refractivity contribution in [2.45, 2.75) is 19.4 Å². The summed E-state index contributed by atoms with van der Waals surface area (Å²) in [7, 11) is 0. The Bertz CT molecular complexity index is 718. The third-order valence-corrected chi connectivity index (χ3v) is 4.41. The highest BCUT2D eigenvalue weighted by molar-refractivity contribution is 6.31. The number of anilines is 1. The summed E-state index contributed by atoms with van der Waals surface area (Å²) in [5.41, 5.74) is 2.85. The van der Waals surface area contributed by atoms with E-state index >= 15 is 0 Å². The maximum atomic E-state index is 12.2. The van der Waals surface area contributed by atoms with Crippen molar-refractivity contribution in [3.8, 4) is 5.75 Å². The van der Waals surface area contributed by atoms with Gasteiger partial charge >= 0.3 is 0 Å². The molecule has 0 spiro atoms. The zero-order valence-corrected chi connectivity index (χ0v) is 13.7. The normalized spacial score (nSPS) is 16.2. The van der Waals surface area contributed by atoms with E-state index < -0.39 is 0 Å². The van der Waals surface area contributed by atoms with Gasteiger partial charge in [-0.3, -0.25) is 4.79 Å². The molecule has 1 unspecified atom stereocenters. The van der Waals surface area contributed by atoms with E-state index in [2.05, 4.69) is 10.6 Å². The summed E-state index contributed by atoms with van der Waals surface area (Å²) in [6, 6.07) is 13.4. The van der Waals surface area contributed by atoms with Crippen LogP contribution in [0.5, 0.6) is 5.75 Å². The van der Waals surface area contributed by atoms with Crippen molar-refractivity contribution in [1.82, 2.24) is 5.32 Å². The van der Waals surface area contributed by atoms with Crippen LogP contribution in [0.15, 0.2) is 42.5 Å². The van der Waals surface area contributed by atoms with Crippen molar-refractivity contribution in [3.05, 3.63) is 58.6 Å². The molecule has 1 aliphatic rings. The highest BCUT2D eigenvalue weighted by atomic mass is 35.5. The smallest absolute Gasteiger partial charge is 0.239 e. The number of hydrogen-bond acceptors (Lipinski definition) is 3. The molecule has 3 rings (SSSR count). The number of rotatable bonds is 4. The molecule has 0 radical (unpaired) electrons. The van der Waals surface area contributed by atoms with Crippen LogP contribution < -0.4 is 15.4 Å². The lowest BCUT2D eigenvalue weighted by Crippen LogP contribution is -2.35. The standard InChI is InChI=1S/C18H19ClN2O2/c1-12-14(19)6-4-7-15(12)20-11-18(22)21-16-9-10-23-17-8-3-2-5-13(16)17/h2-8,16,20H,9-11H2,1H3,(H,21,22). The summed E-state index contributed by atoms with van der Waals surface area (Å²) in [5.74, 6) is 0.800. The predicted octanol–water partition coefficient (Wildman–Crippen LogP) is 3.70. The summed E-state index contributed by atoms with van der Waals surface area (Å²) in [5, 5.41) is 6.89. The molecule has 0 aliphatic carbocycles. The molecule has 2 aromatic carbocycles. The van der Waals surface area contributed by atoms with E-state index in [9.17, 15) is 4.79 Å². The van der Waals surface area contributed by atoms with Gasteiger partial charge in [-0.25, -0.2) is 0 Å². The first-order chi connectivity index (χ1) is 11.1. The van der Waals surface area contributed by atoms with E-state index in [-0.39, 0.29) is 18.5 Å². The second kappa shape index (κ2) is 6.92. The number of carbonyl (C=O) groups is 1. The lowest BCUT2D eigenvalue weighted by molar-refractivity contribution is -0.120. The molecule has 0 bridgehead atoms. The van der Waals surface area contributed by atoms with Crippen LogP contribution in [0.2, 0.25) is 5.02 Å². The molecule has 2 aromatic rings. The van der Waals surface area contributed by atoms with E-state index in [1.54, 1.807) is 0 Å². The van der Waals surface area contributed by atoms with Gasteiger partial charge in [0.05, 0.1) is 19.2 Å². The first-order valence-electron chi connectivity index (χ1n) is 7.65. The third-order valence-electron chi connectivity index (χ3n) is 4.00. The Kier molecular flexibility index (Phi) is 4.72. The van der Waals surface area contributed by atoms with E-state index in [0.717, 1.165) is 29.0 Å². The molecule has 5 heteroatoms. The molecule has 4 nitrogen and oxygen atoms in total. The predicted molar refractivity (Wildman–Crippen MR) is 92.1 cm³/mol. The minimum Gasteiger partial charge on any atom is -0.493 e. The Morgan fingerprint density at radius 3 is 2.96 bits per heavy atom. The van der Waals surface area contributed by atoms with Gasteiger partial charge < -0.3 is 15.4 Å². The second-order valence-corrected chi connectivity index (χ2v) is 5.97. The zero-order chi connectivity index (χ0) is 16.2. The van der Waals surface area contributed by atoms with Gasteiger partial charge in [0.15, 0.2) is 0 Å². The number of carbonyl (C=O) groups excluding carboxylic acids is 1. The lowest BCUT2D eigenvalue weighted by Gasteiger charge is -2.26. The Balaban J connectivity index is 1.61. The summed E-state index contributed by atoms with van der Waals surface area (Å²) < 4.78 is 5.61. The van der Waals surface area contributed by atoms with Gasteiger partial charge in [-0.05, 0) is 30.7 Å². The topological polar surface area (TPSA) is 50.4 Å². The fraction of sp³-hybridized carbons (Fsp3) is 0.278. The fourth-order valence-electron chi connectivity index (χ4n) is 2.71. The summed E-state index contributed by atoms with van der Waals surface area (Å²) in [6.45, 7) is 2.75. The molecule has 1 atom stereocenters. The van der Waals surface area contributed by atoms with E-state index in [1.807, 2.05) is 49.4 Å². The summed E-state index contributed by atoms with van der Waals surface area (Å²) in [6.07, 6.45) is 0.777. The number of ether oxygens (including phenoxy) is 1. The average Bonchev–Trinajstić information content (AvgIpc) is 2.56. The van der Waals surface area contributed by atoms with Gasteiger partial charge in [0.25, 0.3) is 0 Å². The maximum absolute atomic E-state index is 12.2. The van der Waals surface area contributed by atoms with Crippen molar-refractivity contribution in [3.63, 3.8) is 0 Å². The van der Waals surface area contributed by atoms with Crippen LogP contribution in [0.1, 0.15) is 23.6 Å². The minimum atomic E-state index is -0.0499. The number of nitrogens with one attached hydrogen (secondary N) is 2. The molecule has 0 aromatic heterocycles.